The molecule has 1 amide bonds. The van der Waals surface area contributed by atoms with Gasteiger partial charge in [-0.25, -0.2) is 0 Å². The molecule has 3 aromatic carbocycles. The van der Waals surface area contributed by atoms with E-state index in [1.165, 1.54) is 24.3 Å². The fourth-order valence-corrected chi connectivity index (χ4v) is 2.71. The second kappa shape index (κ2) is 8.79. The number of nitrogens with one attached hydrogen (secondary N) is 1. The van der Waals surface area contributed by atoms with Gasteiger partial charge in [0.1, 0.15) is 5.75 Å². The lowest BCUT2D eigenvalue weighted by atomic mass is 10.1. The number of amides is 1. The van der Waals surface area contributed by atoms with Gasteiger partial charge in [-0.15, -0.1) is 0 Å². The first-order valence-corrected chi connectivity index (χ1v) is 8.86. The maximum atomic E-state index is 12.4. The van der Waals surface area contributed by atoms with E-state index in [0.717, 1.165) is 0 Å². The first kappa shape index (κ1) is 19.8. The maximum Gasteiger partial charge on any atom is 0.270 e. The number of non-ortho nitro benzene ring substituents is 1. The van der Waals surface area contributed by atoms with E-state index in [1.807, 2.05) is 6.07 Å². The Morgan fingerprint density at radius 1 is 0.931 bits per heavy atom. The summed E-state index contributed by atoms with van der Waals surface area (Å²) in [7, 11) is 0. The molecule has 1 unspecified atom stereocenters. The number of ether oxygens (including phenoxy) is 1. The Morgan fingerprint density at radius 2 is 1.62 bits per heavy atom. The van der Waals surface area contributed by atoms with Crippen LogP contribution >= 0.6 is 0 Å². The highest BCUT2D eigenvalue weighted by Crippen LogP contribution is 2.21. The SMILES string of the molecule is CC(Oc1cccc(NC(=O)c2cccc([N+](=O)[O-])c2)c1)C(=O)c1ccccc1. The number of hydrogen-bond donors (Lipinski definition) is 1. The van der Waals surface area contributed by atoms with Gasteiger partial charge in [0.15, 0.2) is 6.10 Å². The molecule has 29 heavy (non-hydrogen) atoms. The molecule has 1 atom stereocenters. The Hall–Kier alpha value is -4.00. The Balaban J connectivity index is 1.69. The predicted octanol–water partition coefficient (Wildman–Crippen LogP) is 4.50. The van der Waals surface area contributed by atoms with Crippen LogP contribution in [0.5, 0.6) is 5.75 Å². The zero-order valence-electron chi connectivity index (χ0n) is 15.6. The first-order chi connectivity index (χ1) is 13.9. The molecule has 7 nitrogen and oxygen atoms in total. The van der Waals surface area contributed by atoms with Crippen molar-refractivity contribution in [1.29, 1.82) is 0 Å². The fourth-order valence-electron chi connectivity index (χ4n) is 2.71. The van der Waals surface area contributed by atoms with Crippen molar-refractivity contribution in [2.75, 3.05) is 5.32 Å². The van der Waals surface area contributed by atoms with Gasteiger partial charge in [-0.05, 0) is 25.1 Å². The molecule has 146 valence electrons. The molecule has 0 aliphatic carbocycles. The number of ketones is 1. The van der Waals surface area contributed by atoms with Crippen molar-refractivity contribution >= 4 is 23.1 Å². The number of nitro groups is 1. The second-order valence-electron chi connectivity index (χ2n) is 6.28. The monoisotopic (exact) mass is 390 g/mol. The number of Topliss-reactive ketones (excluding diaryl/α,β-unsaturated/α-hetero) is 1. The lowest BCUT2D eigenvalue weighted by Crippen LogP contribution is -2.23. The third kappa shape index (κ3) is 5.04. The number of nitro benzene ring substituents is 1. The van der Waals surface area contributed by atoms with E-state index < -0.39 is 16.9 Å². The number of nitrogens with zero attached hydrogens (tertiary/aromatic N) is 1. The van der Waals surface area contributed by atoms with E-state index >= 15 is 0 Å². The standard InChI is InChI=1S/C22H18N2O5/c1-15(21(25)16-7-3-2-4-8-16)29-20-12-6-10-18(14-20)23-22(26)17-9-5-11-19(13-17)24(27)28/h2-15H,1H3,(H,23,26). The molecule has 0 spiro atoms. The van der Waals surface area contributed by atoms with E-state index in [4.69, 9.17) is 4.74 Å². The third-order valence-electron chi connectivity index (χ3n) is 4.15. The van der Waals surface area contributed by atoms with E-state index in [1.54, 1.807) is 55.5 Å². The quantitative estimate of drug-likeness (QED) is 0.364. The molecule has 3 rings (SSSR count). The van der Waals surface area contributed by atoms with E-state index in [0.29, 0.717) is 17.0 Å². The molecule has 0 aliphatic heterocycles. The van der Waals surface area contributed by atoms with Gasteiger partial charge >= 0.3 is 0 Å². The van der Waals surface area contributed by atoms with E-state index in [2.05, 4.69) is 5.32 Å². The van der Waals surface area contributed by atoms with Crippen molar-refractivity contribution in [2.24, 2.45) is 0 Å². The average Bonchev–Trinajstić information content (AvgIpc) is 2.74. The Labute approximate surface area is 167 Å². The van der Waals surface area contributed by atoms with Crippen molar-refractivity contribution in [2.45, 2.75) is 13.0 Å². The van der Waals surface area contributed by atoms with E-state index in [9.17, 15) is 19.7 Å². The number of anilines is 1. The van der Waals surface area contributed by atoms with Gasteiger partial charge in [0.05, 0.1) is 4.92 Å². The number of carbonyl (C=O) groups is 2. The normalized spacial score (nSPS) is 11.3. The molecular weight excluding hydrogens is 372 g/mol. The minimum atomic E-state index is -0.708. The van der Waals surface area contributed by atoms with Gasteiger partial charge < -0.3 is 10.1 Å². The Bertz CT molecular complexity index is 1050. The second-order valence-corrected chi connectivity index (χ2v) is 6.28. The largest absolute Gasteiger partial charge is 0.482 e. The highest BCUT2D eigenvalue weighted by atomic mass is 16.6. The Morgan fingerprint density at radius 3 is 2.34 bits per heavy atom. The number of benzene rings is 3. The van der Waals surface area contributed by atoms with Crippen LogP contribution in [0.4, 0.5) is 11.4 Å². The van der Waals surface area contributed by atoms with Crippen LogP contribution in [0.1, 0.15) is 27.6 Å². The molecule has 0 radical (unpaired) electrons. The van der Waals surface area contributed by atoms with Crippen LogP contribution in [0.25, 0.3) is 0 Å². The van der Waals surface area contributed by atoms with Crippen molar-refractivity contribution < 1.29 is 19.2 Å². The smallest absolute Gasteiger partial charge is 0.270 e. The van der Waals surface area contributed by atoms with Crippen LogP contribution in [0.3, 0.4) is 0 Å². The van der Waals surface area contributed by atoms with Crippen LogP contribution in [0.15, 0.2) is 78.9 Å². The fraction of sp³-hybridized carbons (Fsp3) is 0.0909. The van der Waals surface area contributed by atoms with Gasteiger partial charge in [0.25, 0.3) is 11.6 Å². The Kier molecular flexibility index (Phi) is 5.99. The molecule has 0 bridgehead atoms. The average molecular weight is 390 g/mol. The van der Waals surface area contributed by atoms with Crippen LogP contribution in [-0.4, -0.2) is 22.7 Å². The summed E-state index contributed by atoms with van der Waals surface area (Å²) in [5.74, 6) is -0.227. The molecule has 1 N–H and O–H groups in total. The van der Waals surface area contributed by atoms with Crippen LogP contribution in [0.2, 0.25) is 0 Å². The van der Waals surface area contributed by atoms with Gasteiger partial charge in [0.2, 0.25) is 5.78 Å². The molecule has 0 fully saturated rings. The molecule has 3 aromatic rings. The van der Waals surface area contributed by atoms with Crippen molar-refractivity contribution in [1.82, 2.24) is 0 Å². The molecule has 0 aliphatic rings. The molecule has 0 saturated carbocycles. The lowest BCUT2D eigenvalue weighted by molar-refractivity contribution is -0.384. The van der Waals surface area contributed by atoms with Crippen molar-refractivity contribution in [3.8, 4) is 5.75 Å². The zero-order chi connectivity index (χ0) is 20.8. The summed E-state index contributed by atoms with van der Waals surface area (Å²) in [6.07, 6.45) is -0.708. The first-order valence-electron chi connectivity index (χ1n) is 8.86. The summed E-state index contributed by atoms with van der Waals surface area (Å²) in [6.45, 7) is 1.66. The van der Waals surface area contributed by atoms with Crippen LogP contribution < -0.4 is 10.1 Å². The predicted molar refractivity (Wildman–Crippen MR) is 108 cm³/mol. The molecule has 0 saturated heterocycles. The molecule has 0 aromatic heterocycles. The van der Waals surface area contributed by atoms with Gasteiger partial charge in [-0.1, -0.05) is 42.5 Å². The zero-order valence-corrected chi connectivity index (χ0v) is 15.6. The number of rotatable bonds is 7. The number of carbonyl (C=O) groups excluding carboxylic acids is 2. The lowest BCUT2D eigenvalue weighted by Gasteiger charge is -2.15. The molecular formula is C22H18N2O5. The van der Waals surface area contributed by atoms with Crippen LogP contribution in [-0.2, 0) is 0 Å². The van der Waals surface area contributed by atoms with Gasteiger partial charge in [-0.3, -0.25) is 19.7 Å². The van der Waals surface area contributed by atoms with Crippen molar-refractivity contribution in [3.63, 3.8) is 0 Å². The molecule has 0 heterocycles. The summed E-state index contributed by atoms with van der Waals surface area (Å²) >= 11 is 0. The van der Waals surface area contributed by atoms with Gasteiger partial charge in [-0.2, -0.15) is 0 Å². The van der Waals surface area contributed by atoms with Gasteiger partial charge in [0, 0.05) is 35.0 Å². The maximum absolute atomic E-state index is 12.4. The summed E-state index contributed by atoms with van der Waals surface area (Å²) in [4.78, 5) is 35.1. The summed E-state index contributed by atoms with van der Waals surface area (Å²) in [5, 5.41) is 13.5. The summed E-state index contributed by atoms with van der Waals surface area (Å²) < 4.78 is 5.72. The highest BCUT2D eigenvalue weighted by Gasteiger charge is 2.17. The minimum absolute atomic E-state index is 0.156. The van der Waals surface area contributed by atoms with Crippen molar-refractivity contribution in [3.05, 3.63) is 100 Å². The van der Waals surface area contributed by atoms with Crippen LogP contribution in [0, 0.1) is 10.1 Å². The summed E-state index contributed by atoms with van der Waals surface area (Å²) in [6, 6.07) is 20.9. The minimum Gasteiger partial charge on any atom is -0.482 e. The third-order valence-corrected chi connectivity index (χ3v) is 4.15. The topological polar surface area (TPSA) is 98.5 Å². The number of hydrogen-bond acceptors (Lipinski definition) is 5. The summed E-state index contributed by atoms with van der Waals surface area (Å²) in [5.41, 5.74) is 0.995. The molecule has 7 heteroatoms. The van der Waals surface area contributed by atoms with E-state index in [-0.39, 0.29) is 17.0 Å². The highest BCUT2D eigenvalue weighted by molar-refractivity contribution is 6.04.